The van der Waals surface area contributed by atoms with Crippen LogP contribution in [0, 0.1) is 11.8 Å². The van der Waals surface area contributed by atoms with Gasteiger partial charge in [-0.1, -0.05) is 39.0 Å². The minimum atomic E-state index is -0.155. The van der Waals surface area contributed by atoms with E-state index in [9.17, 15) is 14.4 Å². The molecule has 0 radical (unpaired) electrons. The number of unbranched alkanes of at least 4 members (excludes halogenated alkanes) is 5. The first-order chi connectivity index (χ1) is 12.5. The lowest BCUT2D eigenvalue weighted by Gasteiger charge is -2.21. The normalized spacial score (nSPS) is 22.6. The fourth-order valence-corrected chi connectivity index (χ4v) is 4.44. The van der Waals surface area contributed by atoms with Gasteiger partial charge in [0.1, 0.15) is 11.6 Å². The van der Waals surface area contributed by atoms with Crippen LogP contribution >= 0.6 is 12.6 Å². The number of ether oxygens (including phenoxy) is 1. The van der Waals surface area contributed by atoms with Gasteiger partial charge in [0.2, 0.25) is 0 Å². The lowest BCUT2D eigenvalue weighted by Crippen LogP contribution is -2.19. The van der Waals surface area contributed by atoms with Crippen molar-refractivity contribution in [1.29, 1.82) is 0 Å². The number of ketones is 2. The number of esters is 1. The molecular formula is C21H36O4S. The van der Waals surface area contributed by atoms with Crippen LogP contribution in [0.5, 0.6) is 0 Å². The summed E-state index contributed by atoms with van der Waals surface area (Å²) in [5.74, 6) is 0.818. The molecule has 4 nitrogen and oxygen atoms in total. The molecule has 0 amide bonds. The topological polar surface area (TPSA) is 60.4 Å². The smallest absolute Gasteiger partial charge is 0.305 e. The van der Waals surface area contributed by atoms with E-state index in [1.807, 2.05) is 0 Å². The molecule has 150 valence electrons. The van der Waals surface area contributed by atoms with E-state index in [2.05, 4.69) is 24.3 Å². The monoisotopic (exact) mass is 384 g/mol. The Morgan fingerprint density at radius 1 is 1.00 bits per heavy atom. The largest absolute Gasteiger partial charge is 0.469 e. The second kappa shape index (κ2) is 13.3. The lowest BCUT2D eigenvalue weighted by molar-refractivity contribution is -0.140. The quantitative estimate of drug-likeness (QED) is 0.262. The average Bonchev–Trinajstić information content (AvgIpc) is 2.89. The van der Waals surface area contributed by atoms with Crippen molar-refractivity contribution in [3.63, 3.8) is 0 Å². The van der Waals surface area contributed by atoms with Crippen LogP contribution in [0.1, 0.15) is 90.4 Å². The van der Waals surface area contributed by atoms with Crippen LogP contribution in [0.3, 0.4) is 0 Å². The molecule has 0 N–H and O–H groups in total. The van der Waals surface area contributed by atoms with E-state index in [0.717, 1.165) is 57.8 Å². The van der Waals surface area contributed by atoms with Gasteiger partial charge in [-0.3, -0.25) is 14.4 Å². The lowest BCUT2D eigenvalue weighted by atomic mass is 9.86. The molecule has 1 aliphatic carbocycles. The molecule has 0 spiro atoms. The van der Waals surface area contributed by atoms with Gasteiger partial charge in [-0.25, -0.2) is 0 Å². The highest BCUT2D eigenvalue weighted by atomic mass is 32.1. The first-order valence-corrected chi connectivity index (χ1v) is 10.8. The number of thiol groups is 1. The van der Waals surface area contributed by atoms with E-state index in [-0.39, 0.29) is 23.1 Å². The van der Waals surface area contributed by atoms with Crippen LogP contribution in [-0.2, 0) is 19.1 Å². The van der Waals surface area contributed by atoms with Crippen LogP contribution < -0.4 is 0 Å². The molecule has 1 rings (SSSR count). The number of hydrogen-bond acceptors (Lipinski definition) is 5. The molecule has 0 aromatic carbocycles. The average molecular weight is 385 g/mol. The molecule has 0 aromatic rings. The molecule has 1 fully saturated rings. The Morgan fingerprint density at radius 2 is 1.69 bits per heavy atom. The molecule has 1 saturated carbocycles. The Bertz CT molecular complexity index is 449. The third-order valence-corrected chi connectivity index (χ3v) is 6.09. The highest BCUT2D eigenvalue weighted by Gasteiger charge is 2.39. The minimum Gasteiger partial charge on any atom is -0.469 e. The molecule has 1 aliphatic rings. The summed E-state index contributed by atoms with van der Waals surface area (Å²) < 4.78 is 4.64. The maximum Gasteiger partial charge on any atom is 0.305 e. The molecule has 0 saturated heterocycles. The maximum absolute atomic E-state index is 12.3. The zero-order valence-electron chi connectivity index (χ0n) is 16.5. The summed E-state index contributed by atoms with van der Waals surface area (Å²) in [6.07, 6.45) is 11.1. The predicted molar refractivity (Wildman–Crippen MR) is 107 cm³/mol. The maximum atomic E-state index is 12.3. The van der Waals surface area contributed by atoms with Gasteiger partial charge in [-0.15, -0.1) is 0 Å². The molecule has 0 bridgehead atoms. The van der Waals surface area contributed by atoms with E-state index in [4.69, 9.17) is 0 Å². The molecule has 2 unspecified atom stereocenters. The van der Waals surface area contributed by atoms with Crippen LogP contribution in [-0.4, -0.2) is 29.9 Å². The Morgan fingerprint density at radius 3 is 2.38 bits per heavy atom. The summed E-state index contributed by atoms with van der Waals surface area (Å²) >= 11 is 4.62. The zero-order valence-corrected chi connectivity index (χ0v) is 17.4. The minimum absolute atomic E-state index is 0.0709. The molecule has 5 heteroatoms. The highest BCUT2D eigenvalue weighted by molar-refractivity contribution is 7.81. The van der Waals surface area contributed by atoms with E-state index >= 15 is 0 Å². The van der Waals surface area contributed by atoms with Crippen LogP contribution in [0.15, 0.2) is 0 Å². The fourth-order valence-electron chi connectivity index (χ4n) is 3.90. The standard InChI is InChI=1S/C21H36O4S/c1-3-4-7-10-16(22)13-14-18-17(19(23)15-20(18)26)11-8-5-6-9-12-21(24)25-2/h17-18,20,26H,3-15H2,1-2H3/t17-,18?,20?/m1/s1. The van der Waals surface area contributed by atoms with Crippen LogP contribution in [0.4, 0.5) is 0 Å². The highest BCUT2D eigenvalue weighted by Crippen LogP contribution is 2.39. The van der Waals surface area contributed by atoms with Gasteiger partial charge in [0.25, 0.3) is 0 Å². The molecular weight excluding hydrogens is 348 g/mol. The SMILES string of the molecule is CCCCCC(=O)CCC1C(S)CC(=O)[C@@H]1CCCCCCC(=O)OC. The number of Topliss-reactive ketones (excluding diaryl/α,β-unsaturated/α-hetero) is 2. The number of carbonyl (C=O) groups excluding carboxylic acids is 3. The van der Waals surface area contributed by atoms with Gasteiger partial charge in [0.05, 0.1) is 7.11 Å². The third kappa shape index (κ3) is 8.70. The Kier molecular flexibility index (Phi) is 11.9. The van der Waals surface area contributed by atoms with Gasteiger partial charge < -0.3 is 4.74 Å². The van der Waals surface area contributed by atoms with Gasteiger partial charge in [0.15, 0.2) is 0 Å². The zero-order chi connectivity index (χ0) is 19.4. The Labute approximate surface area is 164 Å². The molecule has 3 atom stereocenters. The summed E-state index contributed by atoms with van der Waals surface area (Å²) in [5, 5.41) is 0.107. The van der Waals surface area contributed by atoms with Crippen molar-refractivity contribution in [2.45, 2.75) is 95.6 Å². The molecule has 0 heterocycles. The fraction of sp³-hybridized carbons (Fsp3) is 0.857. The predicted octanol–water partition coefficient (Wildman–Crippen LogP) is 4.93. The van der Waals surface area contributed by atoms with Crippen LogP contribution in [0.2, 0.25) is 0 Å². The number of methoxy groups -OCH3 is 1. The number of carbonyl (C=O) groups is 3. The van der Waals surface area contributed by atoms with Crippen molar-refractivity contribution in [3.8, 4) is 0 Å². The van der Waals surface area contributed by atoms with Crippen molar-refractivity contribution in [1.82, 2.24) is 0 Å². The van der Waals surface area contributed by atoms with Crippen molar-refractivity contribution in [3.05, 3.63) is 0 Å². The van der Waals surface area contributed by atoms with Crippen molar-refractivity contribution in [2.75, 3.05) is 7.11 Å². The number of hydrogen-bond donors (Lipinski definition) is 1. The van der Waals surface area contributed by atoms with Crippen LogP contribution in [0.25, 0.3) is 0 Å². The summed E-state index contributed by atoms with van der Waals surface area (Å²) in [6, 6.07) is 0. The number of rotatable bonds is 14. The molecule has 0 aromatic heterocycles. The third-order valence-electron chi connectivity index (χ3n) is 5.52. The summed E-state index contributed by atoms with van der Waals surface area (Å²) in [7, 11) is 1.41. The summed E-state index contributed by atoms with van der Waals surface area (Å²) in [4.78, 5) is 35.4. The first kappa shape index (κ1) is 23.2. The summed E-state index contributed by atoms with van der Waals surface area (Å²) in [5.41, 5.74) is 0. The molecule has 26 heavy (non-hydrogen) atoms. The molecule has 0 aliphatic heterocycles. The van der Waals surface area contributed by atoms with Crippen molar-refractivity contribution >= 4 is 30.2 Å². The van der Waals surface area contributed by atoms with Gasteiger partial charge >= 0.3 is 5.97 Å². The van der Waals surface area contributed by atoms with Gasteiger partial charge in [-0.2, -0.15) is 12.6 Å². The van der Waals surface area contributed by atoms with E-state index in [0.29, 0.717) is 37.2 Å². The van der Waals surface area contributed by atoms with Crippen molar-refractivity contribution < 1.29 is 19.1 Å². The summed E-state index contributed by atoms with van der Waals surface area (Å²) in [6.45, 7) is 2.14. The van der Waals surface area contributed by atoms with E-state index < -0.39 is 0 Å². The second-order valence-electron chi connectivity index (χ2n) is 7.57. The second-order valence-corrected chi connectivity index (χ2v) is 8.23. The van der Waals surface area contributed by atoms with Gasteiger partial charge in [-0.05, 0) is 31.6 Å². The van der Waals surface area contributed by atoms with Gasteiger partial charge in [0, 0.05) is 36.9 Å². The van der Waals surface area contributed by atoms with E-state index in [1.165, 1.54) is 7.11 Å². The van der Waals surface area contributed by atoms with Crippen molar-refractivity contribution in [2.24, 2.45) is 11.8 Å². The Hall–Kier alpha value is -0.840. The first-order valence-electron chi connectivity index (χ1n) is 10.3. The Balaban J connectivity index is 2.29. The van der Waals surface area contributed by atoms with E-state index in [1.54, 1.807) is 0 Å².